The zero-order chi connectivity index (χ0) is 13.4. The number of esters is 1. The second-order valence-corrected chi connectivity index (χ2v) is 5.16. The standard InChI is InChI=1S/C14H27NO3/c1-4-18-14(16)12-6-5-7-13(10-12)15-11(2)8-9-17-3/h11-13,15H,4-10H2,1-3H3. The van der Waals surface area contributed by atoms with E-state index in [-0.39, 0.29) is 11.9 Å². The van der Waals surface area contributed by atoms with E-state index in [1.165, 1.54) is 0 Å². The lowest BCUT2D eigenvalue weighted by molar-refractivity contribution is -0.149. The van der Waals surface area contributed by atoms with Crippen LogP contribution in [0, 0.1) is 5.92 Å². The summed E-state index contributed by atoms with van der Waals surface area (Å²) in [6, 6.07) is 0.885. The minimum Gasteiger partial charge on any atom is -0.466 e. The van der Waals surface area contributed by atoms with Crippen molar-refractivity contribution in [1.82, 2.24) is 5.32 Å². The molecule has 0 aromatic heterocycles. The Balaban J connectivity index is 2.32. The highest BCUT2D eigenvalue weighted by atomic mass is 16.5. The SMILES string of the molecule is CCOC(=O)C1CCCC(NC(C)CCOC)C1. The van der Waals surface area contributed by atoms with E-state index in [0.717, 1.165) is 38.7 Å². The van der Waals surface area contributed by atoms with Gasteiger partial charge in [0.15, 0.2) is 0 Å². The van der Waals surface area contributed by atoms with E-state index in [1.807, 2.05) is 6.92 Å². The largest absolute Gasteiger partial charge is 0.466 e. The van der Waals surface area contributed by atoms with E-state index >= 15 is 0 Å². The first-order valence-corrected chi connectivity index (χ1v) is 7.09. The predicted molar refractivity (Wildman–Crippen MR) is 71.5 cm³/mol. The van der Waals surface area contributed by atoms with Crippen LogP contribution < -0.4 is 5.32 Å². The fourth-order valence-electron chi connectivity index (χ4n) is 2.60. The van der Waals surface area contributed by atoms with Crippen LogP contribution in [0.3, 0.4) is 0 Å². The Hall–Kier alpha value is -0.610. The summed E-state index contributed by atoms with van der Waals surface area (Å²) in [5, 5.41) is 3.59. The second-order valence-electron chi connectivity index (χ2n) is 5.16. The number of nitrogens with one attached hydrogen (secondary N) is 1. The Labute approximate surface area is 110 Å². The highest BCUT2D eigenvalue weighted by Gasteiger charge is 2.28. The molecule has 3 unspecified atom stereocenters. The normalized spacial score (nSPS) is 25.7. The van der Waals surface area contributed by atoms with E-state index < -0.39 is 0 Å². The van der Waals surface area contributed by atoms with E-state index in [9.17, 15) is 4.79 Å². The van der Waals surface area contributed by atoms with Crippen LogP contribution in [0.5, 0.6) is 0 Å². The fraction of sp³-hybridized carbons (Fsp3) is 0.929. The van der Waals surface area contributed by atoms with Gasteiger partial charge in [-0.2, -0.15) is 0 Å². The minimum atomic E-state index is -0.0199. The van der Waals surface area contributed by atoms with E-state index in [2.05, 4.69) is 12.2 Å². The Morgan fingerprint density at radius 1 is 1.44 bits per heavy atom. The smallest absolute Gasteiger partial charge is 0.308 e. The first-order valence-electron chi connectivity index (χ1n) is 7.09. The number of ether oxygens (including phenoxy) is 2. The van der Waals surface area contributed by atoms with Crippen molar-refractivity contribution in [1.29, 1.82) is 0 Å². The molecule has 18 heavy (non-hydrogen) atoms. The van der Waals surface area contributed by atoms with Crippen LogP contribution in [0.1, 0.15) is 46.0 Å². The van der Waals surface area contributed by atoms with E-state index in [0.29, 0.717) is 18.7 Å². The maximum atomic E-state index is 11.7. The van der Waals surface area contributed by atoms with Gasteiger partial charge in [-0.1, -0.05) is 6.42 Å². The summed E-state index contributed by atoms with van der Waals surface area (Å²) < 4.78 is 10.2. The van der Waals surface area contributed by atoms with Gasteiger partial charge in [-0.3, -0.25) is 4.79 Å². The molecule has 1 N–H and O–H groups in total. The van der Waals surface area contributed by atoms with Gasteiger partial charge in [-0.15, -0.1) is 0 Å². The van der Waals surface area contributed by atoms with Crippen molar-refractivity contribution >= 4 is 5.97 Å². The molecule has 0 aromatic rings. The van der Waals surface area contributed by atoms with Crippen molar-refractivity contribution in [2.45, 2.75) is 58.0 Å². The molecule has 0 heterocycles. The molecule has 1 aliphatic rings. The van der Waals surface area contributed by atoms with Crippen molar-refractivity contribution in [3.63, 3.8) is 0 Å². The highest BCUT2D eigenvalue weighted by molar-refractivity contribution is 5.72. The third-order valence-electron chi connectivity index (χ3n) is 3.57. The topological polar surface area (TPSA) is 47.6 Å². The predicted octanol–water partition coefficient (Wildman–Crippen LogP) is 2.12. The molecule has 3 atom stereocenters. The lowest BCUT2D eigenvalue weighted by Crippen LogP contribution is -2.41. The lowest BCUT2D eigenvalue weighted by atomic mass is 9.85. The molecule has 1 fully saturated rings. The molecule has 4 heteroatoms. The fourth-order valence-corrected chi connectivity index (χ4v) is 2.60. The summed E-state index contributed by atoms with van der Waals surface area (Å²) in [5.74, 6) is 0.0689. The molecule has 0 spiro atoms. The molecule has 0 amide bonds. The lowest BCUT2D eigenvalue weighted by Gasteiger charge is -2.30. The minimum absolute atomic E-state index is 0.0199. The van der Waals surface area contributed by atoms with Gasteiger partial charge in [0.05, 0.1) is 12.5 Å². The summed E-state index contributed by atoms with van der Waals surface area (Å²) >= 11 is 0. The quantitative estimate of drug-likeness (QED) is 0.710. The van der Waals surface area contributed by atoms with Crippen LogP contribution in [0.25, 0.3) is 0 Å². The van der Waals surface area contributed by atoms with Crippen LogP contribution in [-0.4, -0.2) is 38.4 Å². The molecule has 1 saturated carbocycles. The zero-order valence-corrected chi connectivity index (χ0v) is 11.9. The molecule has 0 aromatic carbocycles. The van der Waals surface area contributed by atoms with Gasteiger partial charge in [-0.05, 0) is 39.5 Å². The van der Waals surface area contributed by atoms with Crippen molar-refractivity contribution in [3.05, 3.63) is 0 Å². The average Bonchev–Trinajstić information content (AvgIpc) is 2.37. The van der Waals surface area contributed by atoms with Crippen molar-refractivity contribution in [3.8, 4) is 0 Å². The Bertz CT molecular complexity index is 245. The molecule has 0 radical (unpaired) electrons. The van der Waals surface area contributed by atoms with Crippen molar-refractivity contribution in [2.75, 3.05) is 20.3 Å². The molecule has 0 bridgehead atoms. The molecule has 0 saturated heterocycles. The Kier molecular flexibility index (Phi) is 7.28. The number of rotatable bonds is 7. The summed E-state index contributed by atoms with van der Waals surface area (Å²) in [6.07, 6.45) is 5.17. The third kappa shape index (κ3) is 5.36. The Morgan fingerprint density at radius 3 is 2.89 bits per heavy atom. The molecule has 1 aliphatic carbocycles. The molecule has 106 valence electrons. The van der Waals surface area contributed by atoms with Gasteiger partial charge in [0.1, 0.15) is 0 Å². The van der Waals surface area contributed by atoms with Gasteiger partial charge in [-0.25, -0.2) is 0 Å². The monoisotopic (exact) mass is 257 g/mol. The van der Waals surface area contributed by atoms with Crippen LogP contribution in [0.15, 0.2) is 0 Å². The summed E-state index contributed by atoms with van der Waals surface area (Å²) in [5.41, 5.74) is 0. The molecule has 4 nitrogen and oxygen atoms in total. The van der Waals surface area contributed by atoms with Crippen LogP contribution in [0.4, 0.5) is 0 Å². The molecule has 1 rings (SSSR count). The highest BCUT2D eigenvalue weighted by Crippen LogP contribution is 2.25. The summed E-state index contributed by atoms with van der Waals surface area (Å²) in [7, 11) is 1.73. The second kappa shape index (κ2) is 8.48. The number of methoxy groups -OCH3 is 1. The van der Waals surface area contributed by atoms with Crippen LogP contribution in [-0.2, 0) is 14.3 Å². The number of carbonyl (C=O) groups excluding carboxylic acids is 1. The summed E-state index contributed by atoms with van der Waals surface area (Å²) in [4.78, 5) is 11.7. The number of carbonyl (C=O) groups is 1. The van der Waals surface area contributed by atoms with Gasteiger partial charge >= 0.3 is 5.97 Å². The van der Waals surface area contributed by atoms with E-state index in [1.54, 1.807) is 7.11 Å². The van der Waals surface area contributed by atoms with Crippen LogP contribution in [0.2, 0.25) is 0 Å². The van der Waals surface area contributed by atoms with Gasteiger partial charge in [0.25, 0.3) is 0 Å². The first-order chi connectivity index (χ1) is 8.67. The van der Waals surface area contributed by atoms with Crippen molar-refractivity contribution < 1.29 is 14.3 Å². The average molecular weight is 257 g/mol. The van der Waals surface area contributed by atoms with Gasteiger partial charge in [0.2, 0.25) is 0 Å². The maximum Gasteiger partial charge on any atom is 0.308 e. The first kappa shape index (κ1) is 15.4. The molecular weight excluding hydrogens is 230 g/mol. The van der Waals surface area contributed by atoms with Gasteiger partial charge in [0, 0.05) is 25.8 Å². The van der Waals surface area contributed by atoms with E-state index in [4.69, 9.17) is 9.47 Å². The third-order valence-corrected chi connectivity index (χ3v) is 3.57. The Morgan fingerprint density at radius 2 is 2.22 bits per heavy atom. The number of hydrogen-bond donors (Lipinski definition) is 1. The molecular formula is C14H27NO3. The maximum absolute atomic E-state index is 11.7. The zero-order valence-electron chi connectivity index (χ0n) is 11.9. The summed E-state index contributed by atoms with van der Waals surface area (Å²) in [6.45, 7) is 5.30. The molecule has 0 aliphatic heterocycles. The van der Waals surface area contributed by atoms with Gasteiger partial charge < -0.3 is 14.8 Å². The van der Waals surface area contributed by atoms with Crippen LogP contribution >= 0.6 is 0 Å². The number of hydrogen-bond acceptors (Lipinski definition) is 4. The van der Waals surface area contributed by atoms with Crippen molar-refractivity contribution in [2.24, 2.45) is 5.92 Å².